The van der Waals surface area contributed by atoms with E-state index in [4.69, 9.17) is 11.6 Å². The Hall–Kier alpha value is -0.800. The van der Waals surface area contributed by atoms with E-state index in [1.165, 1.54) is 25.9 Å². The van der Waals surface area contributed by atoms with Crippen molar-refractivity contribution >= 4 is 17.3 Å². The third kappa shape index (κ3) is 2.86. The maximum atomic E-state index is 6.09. The summed E-state index contributed by atoms with van der Waals surface area (Å²) in [6.07, 6.45) is 5.87. The summed E-state index contributed by atoms with van der Waals surface area (Å²) in [5.41, 5.74) is 0.958. The predicted molar refractivity (Wildman–Crippen MR) is 68.0 cm³/mol. The molecule has 0 unspecified atom stereocenters. The first-order valence-corrected chi connectivity index (χ1v) is 6.25. The lowest BCUT2D eigenvalue weighted by Gasteiger charge is -2.32. The zero-order valence-corrected chi connectivity index (χ0v) is 10.4. The number of likely N-dealkylation sites (tertiary alicyclic amines) is 1. The minimum Gasteiger partial charge on any atom is -0.380 e. The molecule has 1 fully saturated rings. The van der Waals surface area contributed by atoms with Crippen LogP contribution in [0.4, 0.5) is 5.69 Å². The second kappa shape index (κ2) is 5.51. The van der Waals surface area contributed by atoms with E-state index < -0.39 is 0 Å². The largest absolute Gasteiger partial charge is 0.380 e. The van der Waals surface area contributed by atoms with Gasteiger partial charge in [-0.15, -0.1) is 0 Å². The smallest absolute Gasteiger partial charge is 0.0718 e. The highest BCUT2D eigenvalue weighted by Gasteiger charge is 2.18. The van der Waals surface area contributed by atoms with Crippen LogP contribution in [0.3, 0.4) is 0 Å². The van der Waals surface area contributed by atoms with E-state index in [2.05, 4.69) is 22.1 Å². The van der Waals surface area contributed by atoms with Gasteiger partial charge in [0.25, 0.3) is 0 Å². The molecule has 1 N–H and O–H groups in total. The van der Waals surface area contributed by atoms with Crippen molar-refractivity contribution < 1.29 is 0 Å². The zero-order chi connectivity index (χ0) is 11.4. The van der Waals surface area contributed by atoms with Crippen molar-refractivity contribution in [1.82, 2.24) is 9.88 Å². The molecule has 1 saturated heterocycles. The van der Waals surface area contributed by atoms with Gasteiger partial charge < -0.3 is 10.2 Å². The topological polar surface area (TPSA) is 28.2 Å². The van der Waals surface area contributed by atoms with Crippen LogP contribution in [0.15, 0.2) is 18.5 Å². The minimum absolute atomic E-state index is 0.532. The second-order valence-electron chi connectivity index (χ2n) is 4.21. The molecule has 0 amide bonds. The van der Waals surface area contributed by atoms with Crippen LogP contribution in [-0.2, 0) is 0 Å². The van der Waals surface area contributed by atoms with Gasteiger partial charge in [0.2, 0.25) is 0 Å². The van der Waals surface area contributed by atoms with E-state index >= 15 is 0 Å². The van der Waals surface area contributed by atoms with Crippen molar-refractivity contribution in [1.29, 1.82) is 0 Å². The van der Waals surface area contributed by atoms with Gasteiger partial charge in [0.15, 0.2) is 0 Å². The van der Waals surface area contributed by atoms with Crippen LogP contribution in [-0.4, -0.2) is 35.6 Å². The first-order chi connectivity index (χ1) is 7.79. The van der Waals surface area contributed by atoms with Gasteiger partial charge in [0.05, 0.1) is 16.9 Å². The molecule has 1 aromatic rings. The maximum Gasteiger partial charge on any atom is 0.0718 e. The molecule has 0 radical (unpaired) electrons. The van der Waals surface area contributed by atoms with Crippen LogP contribution in [0.1, 0.15) is 19.8 Å². The molecule has 88 valence electrons. The summed E-state index contributed by atoms with van der Waals surface area (Å²) in [5, 5.41) is 4.23. The normalized spacial score (nSPS) is 18.6. The number of hydrogen-bond acceptors (Lipinski definition) is 3. The Labute approximate surface area is 102 Å². The molecule has 0 spiro atoms. The number of aromatic nitrogens is 1. The van der Waals surface area contributed by atoms with E-state index in [9.17, 15) is 0 Å². The summed E-state index contributed by atoms with van der Waals surface area (Å²) in [6, 6.07) is 2.36. The second-order valence-corrected chi connectivity index (χ2v) is 4.62. The lowest BCUT2D eigenvalue weighted by Crippen LogP contribution is -2.38. The van der Waals surface area contributed by atoms with Crippen molar-refractivity contribution in [3.63, 3.8) is 0 Å². The SMILES string of the molecule is CCN1CCC(Nc2cnccc2Cl)CC1. The zero-order valence-electron chi connectivity index (χ0n) is 9.62. The van der Waals surface area contributed by atoms with Gasteiger partial charge in [-0.3, -0.25) is 4.98 Å². The van der Waals surface area contributed by atoms with Gasteiger partial charge in [-0.05, 0) is 25.5 Å². The van der Waals surface area contributed by atoms with Gasteiger partial charge in [-0.25, -0.2) is 0 Å². The minimum atomic E-state index is 0.532. The third-order valence-electron chi connectivity index (χ3n) is 3.16. The van der Waals surface area contributed by atoms with Crippen LogP contribution in [0.25, 0.3) is 0 Å². The summed E-state index contributed by atoms with van der Waals surface area (Å²) in [5.74, 6) is 0. The molecule has 0 aromatic carbocycles. The van der Waals surface area contributed by atoms with E-state index in [-0.39, 0.29) is 0 Å². The monoisotopic (exact) mass is 239 g/mol. The molecule has 1 aliphatic rings. The lowest BCUT2D eigenvalue weighted by molar-refractivity contribution is 0.229. The average molecular weight is 240 g/mol. The Morgan fingerprint density at radius 1 is 1.50 bits per heavy atom. The van der Waals surface area contributed by atoms with Crippen molar-refractivity contribution in [2.45, 2.75) is 25.8 Å². The van der Waals surface area contributed by atoms with E-state index in [0.717, 1.165) is 17.3 Å². The predicted octanol–water partition coefficient (Wildman–Crippen LogP) is 2.63. The fraction of sp³-hybridized carbons (Fsp3) is 0.583. The van der Waals surface area contributed by atoms with Gasteiger partial charge >= 0.3 is 0 Å². The maximum absolute atomic E-state index is 6.09. The number of anilines is 1. The number of pyridine rings is 1. The molecular formula is C12H18ClN3. The summed E-state index contributed by atoms with van der Waals surface area (Å²) in [7, 11) is 0. The van der Waals surface area contributed by atoms with Crippen LogP contribution < -0.4 is 5.32 Å². The van der Waals surface area contributed by atoms with Crippen molar-refractivity contribution in [2.75, 3.05) is 25.0 Å². The number of nitrogens with one attached hydrogen (secondary N) is 1. The Bertz CT molecular complexity index is 335. The number of piperidine rings is 1. The number of nitrogens with zero attached hydrogens (tertiary/aromatic N) is 2. The number of hydrogen-bond donors (Lipinski definition) is 1. The molecule has 3 nitrogen and oxygen atoms in total. The summed E-state index contributed by atoms with van der Waals surface area (Å²) in [6.45, 7) is 5.71. The van der Waals surface area contributed by atoms with Crippen LogP contribution in [0.2, 0.25) is 5.02 Å². The van der Waals surface area contributed by atoms with Crippen molar-refractivity contribution in [3.8, 4) is 0 Å². The molecule has 0 aliphatic carbocycles. The molecular weight excluding hydrogens is 222 g/mol. The quantitative estimate of drug-likeness (QED) is 0.879. The van der Waals surface area contributed by atoms with Crippen molar-refractivity contribution in [2.24, 2.45) is 0 Å². The van der Waals surface area contributed by atoms with Gasteiger partial charge in [-0.1, -0.05) is 18.5 Å². The lowest BCUT2D eigenvalue weighted by atomic mass is 10.0. The molecule has 0 saturated carbocycles. The van der Waals surface area contributed by atoms with Crippen LogP contribution in [0.5, 0.6) is 0 Å². The molecule has 2 rings (SSSR count). The van der Waals surface area contributed by atoms with E-state index in [0.29, 0.717) is 6.04 Å². The molecule has 2 heterocycles. The average Bonchev–Trinajstić information content (AvgIpc) is 2.33. The van der Waals surface area contributed by atoms with Gasteiger partial charge in [0.1, 0.15) is 0 Å². The van der Waals surface area contributed by atoms with E-state index in [1.54, 1.807) is 12.4 Å². The standard InChI is InChI=1S/C12H18ClN3/c1-2-16-7-4-10(5-8-16)15-12-9-14-6-3-11(12)13/h3,6,9-10,15H,2,4-5,7-8H2,1H3. The Kier molecular flexibility index (Phi) is 4.02. The molecule has 0 atom stereocenters. The number of halogens is 1. The van der Waals surface area contributed by atoms with Crippen LogP contribution in [0, 0.1) is 0 Å². The highest BCUT2D eigenvalue weighted by molar-refractivity contribution is 6.33. The molecule has 1 aromatic heterocycles. The van der Waals surface area contributed by atoms with E-state index in [1.807, 2.05) is 6.07 Å². The summed E-state index contributed by atoms with van der Waals surface area (Å²) in [4.78, 5) is 6.56. The Morgan fingerprint density at radius 3 is 2.88 bits per heavy atom. The Balaban J connectivity index is 1.89. The Morgan fingerprint density at radius 2 is 2.25 bits per heavy atom. The highest BCUT2D eigenvalue weighted by Crippen LogP contribution is 2.22. The first-order valence-electron chi connectivity index (χ1n) is 5.88. The van der Waals surface area contributed by atoms with Crippen molar-refractivity contribution in [3.05, 3.63) is 23.5 Å². The molecule has 16 heavy (non-hydrogen) atoms. The highest BCUT2D eigenvalue weighted by atomic mass is 35.5. The fourth-order valence-electron chi connectivity index (χ4n) is 2.10. The van der Waals surface area contributed by atoms with Gasteiger partial charge in [0, 0.05) is 25.3 Å². The first kappa shape index (κ1) is 11.7. The van der Waals surface area contributed by atoms with Crippen LogP contribution >= 0.6 is 11.6 Å². The molecule has 1 aliphatic heterocycles. The third-order valence-corrected chi connectivity index (χ3v) is 3.49. The molecule has 0 bridgehead atoms. The fourth-order valence-corrected chi connectivity index (χ4v) is 2.26. The van der Waals surface area contributed by atoms with Gasteiger partial charge in [-0.2, -0.15) is 0 Å². The molecule has 4 heteroatoms. The summed E-state index contributed by atoms with van der Waals surface area (Å²) >= 11 is 6.09. The summed E-state index contributed by atoms with van der Waals surface area (Å²) < 4.78 is 0. The number of rotatable bonds is 3.